The van der Waals surface area contributed by atoms with Crippen molar-refractivity contribution >= 4 is 36.5 Å². The molecule has 1 aromatic carbocycles. The molecule has 0 unspecified atom stereocenters. The lowest BCUT2D eigenvalue weighted by molar-refractivity contribution is -0.262. The molecule has 5 atom stereocenters. The highest BCUT2D eigenvalue weighted by Crippen LogP contribution is 2.41. The Hall–Kier alpha value is -2.96. The van der Waals surface area contributed by atoms with E-state index in [9.17, 15) is 19.2 Å². The normalized spacial score (nSPS) is 25.4. The predicted molar refractivity (Wildman–Crippen MR) is 188 cm³/mol. The zero-order valence-electron chi connectivity index (χ0n) is 33.0. The van der Waals surface area contributed by atoms with Gasteiger partial charge in [0.25, 0.3) is 0 Å². The largest absolute Gasteiger partial charge is 0.494 e. The minimum atomic E-state index is -1.33. The molecule has 0 radical (unpaired) electrons. The van der Waals surface area contributed by atoms with Gasteiger partial charge < -0.3 is 33.0 Å². The summed E-state index contributed by atoms with van der Waals surface area (Å²) in [4.78, 5) is 53.5. The van der Waals surface area contributed by atoms with Crippen LogP contribution in [-0.4, -0.2) is 73.2 Å². The van der Waals surface area contributed by atoms with Crippen LogP contribution in [-0.2, 0) is 52.2 Å². The SMILES string of the molecule is CC(C)(C)C(=O)OC[C@H]1O[C@H](c2ccc(B3OC(C)(C)C(C)(C)O3)cc2)[C@@H](OC(=O)C(C)(C)C)[C@@H](OC(=O)C(C)(C)C)[C@@H]1OC(=O)C(C)(C)C. The van der Waals surface area contributed by atoms with Crippen LogP contribution in [0.5, 0.6) is 0 Å². The van der Waals surface area contributed by atoms with Crippen LogP contribution in [0.3, 0.4) is 0 Å². The Balaban J connectivity index is 2.18. The van der Waals surface area contributed by atoms with Crippen molar-refractivity contribution in [2.75, 3.05) is 6.61 Å². The summed E-state index contributed by atoms with van der Waals surface area (Å²) < 4.78 is 43.2. The number of hydrogen-bond acceptors (Lipinski definition) is 11. The van der Waals surface area contributed by atoms with E-state index in [2.05, 4.69) is 0 Å². The second kappa shape index (κ2) is 14.2. The number of ether oxygens (including phenoxy) is 5. The van der Waals surface area contributed by atoms with E-state index < -0.39 is 94.4 Å². The van der Waals surface area contributed by atoms with E-state index in [1.165, 1.54) is 0 Å². The number of carbonyl (C=O) groups is 4. The van der Waals surface area contributed by atoms with Crippen molar-refractivity contribution in [2.24, 2.45) is 21.7 Å². The molecule has 0 amide bonds. The van der Waals surface area contributed by atoms with Crippen molar-refractivity contribution in [1.29, 1.82) is 0 Å². The number of rotatable bonds is 7. The minimum absolute atomic E-state index is 0.329. The number of esters is 4. The van der Waals surface area contributed by atoms with E-state index in [1.807, 2.05) is 39.8 Å². The molecule has 12 heteroatoms. The molecule has 3 rings (SSSR count). The summed E-state index contributed by atoms with van der Waals surface area (Å²) in [5.74, 6) is -2.31. The van der Waals surface area contributed by atoms with Crippen LogP contribution in [0.15, 0.2) is 24.3 Å². The van der Waals surface area contributed by atoms with Gasteiger partial charge in [-0.05, 0) is 122 Å². The first-order valence-electron chi connectivity index (χ1n) is 17.4. The Morgan fingerprint density at radius 2 is 0.980 bits per heavy atom. The van der Waals surface area contributed by atoms with E-state index >= 15 is 0 Å². The first kappa shape index (κ1) is 41.5. The third-order valence-electron chi connectivity index (χ3n) is 8.98. The molecule has 0 bridgehead atoms. The van der Waals surface area contributed by atoms with Crippen LogP contribution in [0, 0.1) is 21.7 Å². The molecule has 2 aliphatic rings. The summed E-state index contributed by atoms with van der Waals surface area (Å²) in [6, 6.07) is 7.26. The number of hydrogen-bond donors (Lipinski definition) is 0. The summed E-state index contributed by atoms with van der Waals surface area (Å²) >= 11 is 0. The van der Waals surface area contributed by atoms with Gasteiger partial charge in [0.2, 0.25) is 0 Å². The summed E-state index contributed by atoms with van der Waals surface area (Å²) in [7, 11) is -0.623. The highest BCUT2D eigenvalue weighted by Gasteiger charge is 2.55. The Morgan fingerprint density at radius 3 is 1.38 bits per heavy atom. The Kier molecular flexibility index (Phi) is 11.8. The summed E-state index contributed by atoms with van der Waals surface area (Å²) in [5.41, 5.74) is -3.46. The third-order valence-corrected chi connectivity index (χ3v) is 8.98. The van der Waals surface area contributed by atoms with Crippen molar-refractivity contribution in [3.8, 4) is 0 Å². The molecule has 0 aromatic heterocycles. The smallest absolute Gasteiger partial charge is 0.462 e. The Labute approximate surface area is 298 Å². The summed E-state index contributed by atoms with van der Waals surface area (Å²) in [6.07, 6.45) is -6.04. The molecule has 1 aromatic rings. The third kappa shape index (κ3) is 9.67. The standard InChI is InChI=1S/C38H59BO11/c1-33(2,3)29(40)44-21-24-26(46-30(41)34(4,5)6)28(48-32(43)36(10,11)12)27(47-31(42)35(7,8)9)25(45-24)22-17-19-23(20-18-22)39-49-37(13,14)38(15,16)50-39/h17-20,24-28H,21H2,1-16H3/t24-,25-,26-,27-,28+/m1/s1. The number of benzene rings is 1. The van der Waals surface area contributed by atoms with Crippen molar-refractivity contribution in [3.05, 3.63) is 29.8 Å². The van der Waals surface area contributed by atoms with Crippen molar-refractivity contribution < 1.29 is 52.2 Å². The molecule has 11 nitrogen and oxygen atoms in total. The molecule has 0 saturated carbocycles. The van der Waals surface area contributed by atoms with Crippen LogP contribution >= 0.6 is 0 Å². The van der Waals surface area contributed by atoms with Gasteiger partial charge in [-0.1, -0.05) is 24.3 Å². The molecule has 0 spiro atoms. The Morgan fingerprint density at radius 1 is 0.600 bits per heavy atom. The Bertz CT molecular complexity index is 1390. The topological polar surface area (TPSA) is 133 Å². The van der Waals surface area contributed by atoms with Gasteiger partial charge >= 0.3 is 31.0 Å². The lowest BCUT2D eigenvalue weighted by atomic mass is 9.78. The molecule has 2 aliphatic heterocycles. The van der Waals surface area contributed by atoms with E-state index in [1.54, 1.807) is 95.2 Å². The van der Waals surface area contributed by atoms with Crippen LogP contribution < -0.4 is 5.46 Å². The molecule has 50 heavy (non-hydrogen) atoms. The van der Waals surface area contributed by atoms with E-state index in [4.69, 9.17) is 33.0 Å². The van der Waals surface area contributed by atoms with Gasteiger partial charge in [-0.25, -0.2) is 0 Å². The number of carbonyl (C=O) groups excluding carboxylic acids is 4. The van der Waals surface area contributed by atoms with Gasteiger partial charge in [0.15, 0.2) is 18.3 Å². The maximum Gasteiger partial charge on any atom is 0.494 e. The lowest BCUT2D eigenvalue weighted by Gasteiger charge is -2.46. The van der Waals surface area contributed by atoms with Gasteiger partial charge in [-0.2, -0.15) is 0 Å². The summed E-state index contributed by atoms with van der Waals surface area (Å²) in [6.45, 7) is 27.9. The van der Waals surface area contributed by atoms with Crippen LogP contribution in [0.2, 0.25) is 0 Å². The maximum absolute atomic E-state index is 13.6. The second-order valence-corrected chi connectivity index (χ2v) is 18.6. The van der Waals surface area contributed by atoms with E-state index in [-0.39, 0.29) is 6.61 Å². The van der Waals surface area contributed by atoms with Crippen molar-refractivity contribution in [2.45, 2.75) is 153 Å². The molecule has 0 N–H and O–H groups in total. The molecule has 280 valence electrons. The maximum atomic E-state index is 13.6. The van der Waals surface area contributed by atoms with Gasteiger partial charge in [0, 0.05) is 0 Å². The average molecular weight is 703 g/mol. The van der Waals surface area contributed by atoms with Crippen molar-refractivity contribution in [1.82, 2.24) is 0 Å². The van der Waals surface area contributed by atoms with Gasteiger partial charge in [0.1, 0.15) is 18.8 Å². The quantitative estimate of drug-likeness (QED) is 0.191. The van der Waals surface area contributed by atoms with Crippen LogP contribution in [0.4, 0.5) is 0 Å². The molecular formula is C38H59BO11. The predicted octanol–water partition coefficient (Wildman–Crippen LogP) is 5.89. The average Bonchev–Trinajstić information content (AvgIpc) is 3.17. The van der Waals surface area contributed by atoms with E-state index in [0.717, 1.165) is 5.46 Å². The van der Waals surface area contributed by atoms with Crippen LogP contribution in [0.1, 0.15) is 122 Å². The molecule has 2 fully saturated rings. The lowest BCUT2D eigenvalue weighted by Crippen LogP contribution is -2.61. The molecule has 0 aliphatic carbocycles. The molecule has 2 saturated heterocycles. The van der Waals surface area contributed by atoms with E-state index in [0.29, 0.717) is 5.56 Å². The molecule has 2 heterocycles. The van der Waals surface area contributed by atoms with Gasteiger partial charge in [-0.3, -0.25) is 19.2 Å². The van der Waals surface area contributed by atoms with Crippen molar-refractivity contribution in [3.63, 3.8) is 0 Å². The molecular weight excluding hydrogens is 643 g/mol. The van der Waals surface area contributed by atoms with Crippen LogP contribution in [0.25, 0.3) is 0 Å². The van der Waals surface area contributed by atoms with Gasteiger partial charge in [-0.15, -0.1) is 0 Å². The first-order chi connectivity index (χ1) is 22.5. The first-order valence-corrected chi connectivity index (χ1v) is 17.4. The fourth-order valence-electron chi connectivity index (χ4n) is 4.82. The fraction of sp³-hybridized carbons (Fsp3) is 0.737. The zero-order valence-corrected chi connectivity index (χ0v) is 33.0. The fourth-order valence-corrected chi connectivity index (χ4v) is 4.82. The highest BCUT2D eigenvalue weighted by atomic mass is 16.7. The second-order valence-electron chi connectivity index (χ2n) is 18.6. The monoisotopic (exact) mass is 702 g/mol. The zero-order chi connectivity index (χ0) is 38.4. The summed E-state index contributed by atoms with van der Waals surface area (Å²) in [5, 5.41) is 0. The van der Waals surface area contributed by atoms with Gasteiger partial charge in [0.05, 0.1) is 32.9 Å². The highest BCUT2D eigenvalue weighted by molar-refractivity contribution is 6.62. The minimum Gasteiger partial charge on any atom is -0.462 e.